The van der Waals surface area contributed by atoms with Gasteiger partial charge in [0.15, 0.2) is 0 Å². The van der Waals surface area contributed by atoms with Crippen molar-refractivity contribution < 1.29 is 4.79 Å². The molecule has 0 radical (unpaired) electrons. The molecular weight excluding hydrogens is 180 g/mol. The predicted octanol–water partition coefficient (Wildman–Crippen LogP) is 1.13. The molecule has 0 spiro atoms. The molecule has 0 atom stereocenters. The minimum Gasteiger partial charge on any atom is -0.383 e. The van der Waals surface area contributed by atoms with Gasteiger partial charge in [0.05, 0.1) is 5.69 Å². The number of nitrogens with zero attached hydrogens (tertiary/aromatic N) is 2. The predicted molar refractivity (Wildman–Crippen MR) is 55.1 cm³/mol. The number of anilines is 1. The maximum absolute atomic E-state index is 11.5. The fourth-order valence-electron chi connectivity index (χ4n) is 1.13. The Morgan fingerprint density at radius 2 is 2.43 bits per heavy atom. The molecule has 1 aromatic rings. The van der Waals surface area contributed by atoms with Crippen LogP contribution in [-0.2, 0) is 0 Å². The first-order valence-electron chi connectivity index (χ1n) is 4.75. The summed E-state index contributed by atoms with van der Waals surface area (Å²) >= 11 is 0. The van der Waals surface area contributed by atoms with Crippen LogP contribution in [0.4, 0.5) is 10.6 Å². The second-order valence-electron chi connectivity index (χ2n) is 3.21. The minimum absolute atomic E-state index is 0.260. The van der Waals surface area contributed by atoms with Crippen LogP contribution < -0.4 is 11.1 Å². The molecule has 78 valence electrons. The molecule has 5 nitrogen and oxygen atoms in total. The highest BCUT2D eigenvalue weighted by Gasteiger charge is 2.08. The second-order valence-corrected chi connectivity index (χ2v) is 3.21. The molecule has 1 amide bonds. The molecule has 1 heterocycles. The summed E-state index contributed by atoms with van der Waals surface area (Å²) in [5.41, 5.74) is 6.33. The van der Waals surface area contributed by atoms with Crippen LogP contribution in [0, 0.1) is 6.92 Å². The number of unbranched alkanes of at least 4 members (excludes halogenated alkanes) is 1. The lowest BCUT2D eigenvalue weighted by Gasteiger charge is -2.04. The SMILES string of the molecule is CCCCNC(=O)n1nc(C)cc1N. The highest BCUT2D eigenvalue weighted by Crippen LogP contribution is 2.03. The minimum atomic E-state index is -0.260. The lowest BCUT2D eigenvalue weighted by atomic mass is 10.3. The van der Waals surface area contributed by atoms with Gasteiger partial charge in [-0.05, 0) is 13.3 Å². The van der Waals surface area contributed by atoms with Gasteiger partial charge in [-0.15, -0.1) is 0 Å². The maximum Gasteiger partial charge on any atom is 0.343 e. The Balaban J connectivity index is 2.56. The second kappa shape index (κ2) is 4.64. The summed E-state index contributed by atoms with van der Waals surface area (Å²) in [6, 6.07) is 1.41. The van der Waals surface area contributed by atoms with Crippen molar-refractivity contribution in [2.24, 2.45) is 0 Å². The first kappa shape index (κ1) is 10.6. The van der Waals surface area contributed by atoms with Crippen molar-refractivity contribution in [1.29, 1.82) is 0 Å². The van der Waals surface area contributed by atoms with E-state index in [0.717, 1.165) is 18.5 Å². The first-order valence-corrected chi connectivity index (χ1v) is 4.75. The zero-order valence-electron chi connectivity index (χ0n) is 8.58. The van der Waals surface area contributed by atoms with Gasteiger partial charge >= 0.3 is 6.03 Å². The number of carbonyl (C=O) groups excluding carboxylic acids is 1. The van der Waals surface area contributed by atoms with Crippen molar-refractivity contribution in [3.05, 3.63) is 11.8 Å². The third-order valence-corrected chi connectivity index (χ3v) is 1.86. The van der Waals surface area contributed by atoms with E-state index in [0.29, 0.717) is 12.4 Å². The molecule has 0 saturated heterocycles. The number of hydrogen-bond donors (Lipinski definition) is 2. The van der Waals surface area contributed by atoms with Gasteiger partial charge in [0.2, 0.25) is 0 Å². The molecule has 0 saturated carbocycles. The van der Waals surface area contributed by atoms with Crippen molar-refractivity contribution in [3.63, 3.8) is 0 Å². The van der Waals surface area contributed by atoms with Gasteiger partial charge in [-0.1, -0.05) is 13.3 Å². The van der Waals surface area contributed by atoms with Gasteiger partial charge in [-0.25, -0.2) is 4.79 Å². The zero-order valence-corrected chi connectivity index (χ0v) is 8.58. The average Bonchev–Trinajstić information content (AvgIpc) is 2.45. The Hall–Kier alpha value is -1.52. The number of aryl methyl sites for hydroxylation is 1. The molecule has 3 N–H and O–H groups in total. The summed E-state index contributed by atoms with van der Waals surface area (Å²) in [6.45, 7) is 4.53. The highest BCUT2D eigenvalue weighted by molar-refractivity contribution is 5.78. The molecule has 14 heavy (non-hydrogen) atoms. The van der Waals surface area contributed by atoms with Gasteiger partial charge in [-0.2, -0.15) is 9.78 Å². The van der Waals surface area contributed by atoms with Crippen LogP contribution in [0.1, 0.15) is 25.5 Å². The summed E-state index contributed by atoms with van der Waals surface area (Å²) in [4.78, 5) is 11.5. The van der Waals surface area contributed by atoms with Crippen molar-refractivity contribution in [3.8, 4) is 0 Å². The van der Waals surface area contributed by atoms with Gasteiger partial charge < -0.3 is 11.1 Å². The molecule has 5 heteroatoms. The molecular formula is C9H16N4O. The van der Waals surface area contributed by atoms with Crippen LogP contribution >= 0.6 is 0 Å². The standard InChI is InChI=1S/C9H16N4O/c1-3-4-5-11-9(14)13-8(10)6-7(2)12-13/h6H,3-5,10H2,1-2H3,(H,11,14). The first-order chi connectivity index (χ1) is 6.65. The summed E-state index contributed by atoms with van der Waals surface area (Å²) < 4.78 is 1.19. The van der Waals surface area contributed by atoms with Crippen LogP contribution in [0.5, 0.6) is 0 Å². The Morgan fingerprint density at radius 3 is 2.93 bits per heavy atom. The van der Waals surface area contributed by atoms with E-state index in [9.17, 15) is 4.79 Å². The Labute approximate surface area is 83.3 Å². The molecule has 0 fully saturated rings. The topological polar surface area (TPSA) is 72.9 Å². The smallest absolute Gasteiger partial charge is 0.343 e. The van der Waals surface area contributed by atoms with Crippen LogP contribution in [0.3, 0.4) is 0 Å². The third kappa shape index (κ3) is 2.48. The van der Waals surface area contributed by atoms with Crippen molar-refractivity contribution in [1.82, 2.24) is 15.1 Å². The number of amides is 1. The normalized spacial score (nSPS) is 10.1. The monoisotopic (exact) mass is 196 g/mol. The van der Waals surface area contributed by atoms with E-state index in [-0.39, 0.29) is 6.03 Å². The lowest BCUT2D eigenvalue weighted by Crippen LogP contribution is -2.30. The molecule has 0 aromatic carbocycles. The fourth-order valence-corrected chi connectivity index (χ4v) is 1.13. The summed E-state index contributed by atoms with van der Waals surface area (Å²) in [5.74, 6) is 0.372. The van der Waals surface area contributed by atoms with Crippen molar-refractivity contribution in [2.45, 2.75) is 26.7 Å². The average molecular weight is 196 g/mol. The highest BCUT2D eigenvalue weighted by atomic mass is 16.2. The zero-order chi connectivity index (χ0) is 10.6. The van der Waals surface area contributed by atoms with Gasteiger partial charge in [-0.3, -0.25) is 0 Å². The molecule has 0 unspecified atom stereocenters. The number of nitrogens with two attached hydrogens (primary N) is 1. The molecule has 1 rings (SSSR count). The molecule has 1 aromatic heterocycles. The Kier molecular flexibility index (Phi) is 3.50. The van der Waals surface area contributed by atoms with E-state index in [1.54, 1.807) is 13.0 Å². The van der Waals surface area contributed by atoms with Gasteiger partial charge in [0.1, 0.15) is 5.82 Å². The van der Waals surface area contributed by atoms with Crippen molar-refractivity contribution in [2.75, 3.05) is 12.3 Å². The summed E-state index contributed by atoms with van der Waals surface area (Å²) in [5, 5.41) is 6.70. The third-order valence-electron chi connectivity index (χ3n) is 1.86. The van der Waals surface area contributed by atoms with E-state index in [4.69, 9.17) is 5.73 Å². The fraction of sp³-hybridized carbons (Fsp3) is 0.556. The van der Waals surface area contributed by atoms with Gasteiger partial charge in [0, 0.05) is 12.6 Å². The molecule has 0 aliphatic carbocycles. The maximum atomic E-state index is 11.5. The number of nitrogens with one attached hydrogen (secondary N) is 1. The van der Waals surface area contributed by atoms with E-state index in [1.807, 2.05) is 0 Å². The quantitative estimate of drug-likeness (QED) is 0.712. The van der Waals surface area contributed by atoms with Crippen LogP contribution in [0.15, 0.2) is 6.07 Å². The van der Waals surface area contributed by atoms with E-state index in [2.05, 4.69) is 17.3 Å². The molecule has 0 aliphatic heterocycles. The van der Waals surface area contributed by atoms with E-state index >= 15 is 0 Å². The van der Waals surface area contributed by atoms with Gasteiger partial charge in [0.25, 0.3) is 0 Å². The molecule has 0 aliphatic rings. The van der Waals surface area contributed by atoms with Crippen LogP contribution in [0.2, 0.25) is 0 Å². The van der Waals surface area contributed by atoms with E-state index < -0.39 is 0 Å². The largest absolute Gasteiger partial charge is 0.383 e. The summed E-state index contributed by atoms with van der Waals surface area (Å²) in [7, 11) is 0. The molecule has 0 bridgehead atoms. The van der Waals surface area contributed by atoms with Crippen LogP contribution in [-0.4, -0.2) is 22.4 Å². The Bertz CT molecular complexity index is 319. The summed E-state index contributed by atoms with van der Waals surface area (Å²) in [6.07, 6.45) is 2.01. The Morgan fingerprint density at radius 1 is 1.71 bits per heavy atom. The van der Waals surface area contributed by atoms with E-state index in [1.165, 1.54) is 4.68 Å². The number of hydrogen-bond acceptors (Lipinski definition) is 3. The number of rotatable bonds is 3. The number of aromatic nitrogens is 2. The lowest BCUT2D eigenvalue weighted by molar-refractivity contribution is 0.240. The number of nitrogen functional groups attached to an aromatic ring is 1. The van der Waals surface area contributed by atoms with Crippen LogP contribution in [0.25, 0.3) is 0 Å². The van der Waals surface area contributed by atoms with Crippen molar-refractivity contribution >= 4 is 11.8 Å². The number of carbonyl (C=O) groups is 1.